The quantitative estimate of drug-likeness (QED) is 0.690. The molecule has 72 valence electrons. The van der Waals surface area contributed by atoms with Gasteiger partial charge in [-0.05, 0) is 26.4 Å². The number of hydrogen-bond donors (Lipinski definition) is 1. The summed E-state index contributed by atoms with van der Waals surface area (Å²) in [6, 6.07) is 0.604. The van der Waals surface area contributed by atoms with E-state index in [0.717, 1.165) is 0 Å². The van der Waals surface area contributed by atoms with Crippen molar-refractivity contribution in [3.63, 3.8) is 0 Å². The monoisotopic (exact) mass is 170 g/mol. The third-order valence-electron chi connectivity index (χ3n) is 2.64. The van der Waals surface area contributed by atoms with E-state index in [4.69, 9.17) is 0 Å². The Bertz CT molecular complexity index is 145. The van der Waals surface area contributed by atoms with Gasteiger partial charge in [0.05, 0.1) is 0 Å². The van der Waals surface area contributed by atoms with Crippen LogP contribution in [0.1, 0.15) is 34.1 Å². The first-order valence-corrected chi connectivity index (χ1v) is 5.06. The predicted octanol–water partition coefficient (Wildman–Crippen LogP) is 1.47. The summed E-state index contributed by atoms with van der Waals surface area (Å²) < 4.78 is 0. The average molecular weight is 170 g/mol. The number of nitrogens with zero attached hydrogens (tertiary/aromatic N) is 1. The molecule has 2 heteroatoms. The summed E-state index contributed by atoms with van der Waals surface area (Å²) in [6.07, 6.45) is 1.29. The number of hydrogen-bond acceptors (Lipinski definition) is 2. The summed E-state index contributed by atoms with van der Waals surface area (Å²) in [7, 11) is 0. The number of rotatable bonds is 3. The summed E-state index contributed by atoms with van der Waals surface area (Å²) in [5.41, 5.74) is 0.365. The van der Waals surface area contributed by atoms with Crippen LogP contribution in [0.4, 0.5) is 0 Å². The van der Waals surface area contributed by atoms with E-state index >= 15 is 0 Å². The standard InChI is InChI=1S/C10H22N2/c1-5-12-7-6-10(4,8-12)11-9(2)3/h9,11H,5-8H2,1-4H3. The van der Waals surface area contributed by atoms with Crippen LogP contribution in [0.2, 0.25) is 0 Å². The zero-order chi connectivity index (χ0) is 9.19. The van der Waals surface area contributed by atoms with Crippen molar-refractivity contribution in [1.29, 1.82) is 0 Å². The molecule has 0 aliphatic carbocycles. The molecule has 0 spiro atoms. The van der Waals surface area contributed by atoms with Crippen molar-refractivity contribution in [2.75, 3.05) is 19.6 Å². The summed E-state index contributed by atoms with van der Waals surface area (Å²) in [6.45, 7) is 12.7. The highest BCUT2D eigenvalue weighted by Crippen LogP contribution is 2.20. The summed E-state index contributed by atoms with van der Waals surface area (Å²) in [4.78, 5) is 2.51. The molecule has 0 aromatic heterocycles. The lowest BCUT2D eigenvalue weighted by molar-refractivity contribution is 0.291. The maximum atomic E-state index is 3.64. The minimum absolute atomic E-state index is 0.365. The topological polar surface area (TPSA) is 15.3 Å². The molecule has 0 radical (unpaired) electrons. The first-order chi connectivity index (χ1) is 5.56. The van der Waals surface area contributed by atoms with E-state index in [1.807, 2.05) is 0 Å². The normalized spacial score (nSPS) is 31.8. The van der Waals surface area contributed by atoms with E-state index < -0.39 is 0 Å². The van der Waals surface area contributed by atoms with Crippen LogP contribution >= 0.6 is 0 Å². The lowest BCUT2D eigenvalue weighted by Gasteiger charge is -2.28. The zero-order valence-corrected chi connectivity index (χ0v) is 8.85. The molecule has 0 aromatic carbocycles. The molecule has 1 atom stereocenters. The maximum absolute atomic E-state index is 3.64. The fourth-order valence-electron chi connectivity index (χ4n) is 2.14. The molecule has 1 rings (SSSR count). The molecular weight excluding hydrogens is 148 g/mol. The Balaban J connectivity index is 2.41. The van der Waals surface area contributed by atoms with Crippen molar-refractivity contribution >= 4 is 0 Å². The van der Waals surface area contributed by atoms with Gasteiger partial charge in [-0.15, -0.1) is 0 Å². The molecule has 1 saturated heterocycles. The van der Waals surface area contributed by atoms with Gasteiger partial charge in [0.1, 0.15) is 0 Å². The van der Waals surface area contributed by atoms with Gasteiger partial charge in [-0.3, -0.25) is 0 Å². The molecule has 0 saturated carbocycles. The van der Waals surface area contributed by atoms with Crippen molar-refractivity contribution < 1.29 is 0 Å². The van der Waals surface area contributed by atoms with Gasteiger partial charge in [-0.2, -0.15) is 0 Å². The van der Waals surface area contributed by atoms with Crippen LogP contribution in [0.25, 0.3) is 0 Å². The molecule has 1 unspecified atom stereocenters. The van der Waals surface area contributed by atoms with Gasteiger partial charge in [0, 0.05) is 18.1 Å². The van der Waals surface area contributed by atoms with Gasteiger partial charge < -0.3 is 10.2 Å². The van der Waals surface area contributed by atoms with E-state index in [2.05, 4.69) is 37.9 Å². The minimum Gasteiger partial charge on any atom is -0.308 e. The first kappa shape index (κ1) is 10.0. The maximum Gasteiger partial charge on any atom is 0.0294 e. The van der Waals surface area contributed by atoms with Gasteiger partial charge in [0.25, 0.3) is 0 Å². The van der Waals surface area contributed by atoms with Gasteiger partial charge in [-0.25, -0.2) is 0 Å². The van der Waals surface area contributed by atoms with Crippen molar-refractivity contribution in [2.24, 2.45) is 0 Å². The Morgan fingerprint density at radius 3 is 2.58 bits per heavy atom. The highest BCUT2D eigenvalue weighted by molar-refractivity contribution is 4.93. The van der Waals surface area contributed by atoms with Crippen LogP contribution in [0.5, 0.6) is 0 Å². The molecule has 0 amide bonds. The summed E-state index contributed by atoms with van der Waals surface area (Å²) in [5, 5.41) is 3.64. The SMILES string of the molecule is CCN1CCC(C)(NC(C)C)C1. The average Bonchev–Trinajstić information content (AvgIpc) is 2.30. The fraction of sp³-hybridized carbons (Fsp3) is 1.00. The molecule has 1 N–H and O–H groups in total. The van der Waals surface area contributed by atoms with E-state index in [9.17, 15) is 0 Å². The van der Waals surface area contributed by atoms with Crippen LogP contribution < -0.4 is 5.32 Å². The molecule has 1 heterocycles. The Kier molecular flexibility index (Phi) is 3.13. The minimum atomic E-state index is 0.365. The second-order valence-electron chi connectivity index (χ2n) is 4.48. The molecule has 1 fully saturated rings. The molecule has 0 bridgehead atoms. The Hall–Kier alpha value is -0.0800. The van der Waals surface area contributed by atoms with E-state index in [1.165, 1.54) is 26.1 Å². The fourth-order valence-corrected chi connectivity index (χ4v) is 2.14. The Morgan fingerprint density at radius 1 is 1.50 bits per heavy atom. The highest BCUT2D eigenvalue weighted by atomic mass is 15.2. The third kappa shape index (κ3) is 2.46. The zero-order valence-electron chi connectivity index (χ0n) is 8.85. The molecule has 2 nitrogen and oxygen atoms in total. The molecule has 12 heavy (non-hydrogen) atoms. The molecule has 1 aliphatic heterocycles. The lowest BCUT2D eigenvalue weighted by atomic mass is 10.0. The van der Waals surface area contributed by atoms with Crippen molar-refractivity contribution in [2.45, 2.75) is 45.7 Å². The van der Waals surface area contributed by atoms with Gasteiger partial charge >= 0.3 is 0 Å². The Labute approximate surface area is 76.3 Å². The smallest absolute Gasteiger partial charge is 0.0294 e. The van der Waals surface area contributed by atoms with Crippen LogP contribution in [-0.2, 0) is 0 Å². The molecular formula is C10H22N2. The third-order valence-corrected chi connectivity index (χ3v) is 2.64. The second-order valence-corrected chi connectivity index (χ2v) is 4.48. The number of likely N-dealkylation sites (N-methyl/N-ethyl adjacent to an activating group) is 1. The largest absolute Gasteiger partial charge is 0.308 e. The van der Waals surface area contributed by atoms with Crippen molar-refractivity contribution in [1.82, 2.24) is 10.2 Å². The van der Waals surface area contributed by atoms with E-state index in [1.54, 1.807) is 0 Å². The molecule has 1 aliphatic rings. The van der Waals surface area contributed by atoms with Crippen molar-refractivity contribution in [3.05, 3.63) is 0 Å². The Morgan fingerprint density at radius 2 is 2.17 bits per heavy atom. The van der Waals surface area contributed by atoms with Crippen molar-refractivity contribution in [3.8, 4) is 0 Å². The number of likely N-dealkylation sites (tertiary alicyclic amines) is 1. The van der Waals surface area contributed by atoms with E-state index in [0.29, 0.717) is 11.6 Å². The van der Waals surface area contributed by atoms with Gasteiger partial charge in [-0.1, -0.05) is 20.8 Å². The van der Waals surface area contributed by atoms with Gasteiger partial charge in [0.2, 0.25) is 0 Å². The molecule has 0 aromatic rings. The summed E-state index contributed by atoms with van der Waals surface area (Å²) in [5.74, 6) is 0. The second kappa shape index (κ2) is 3.75. The number of nitrogens with one attached hydrogen (secondary N) is 1. The van der Waals surface area contributed by atoms with Crippen LogP contribution in [-0.4, -0.2) is 36.1 Å². The van der Waals surface area contributed by atoms with Crippen LogP contribution in [0.15, 0.2) is 0 Å². The highest BCUT2D eigenvalue weighted by Gasteiger charge is 2.32. The predicted molar refractivity (Wildman–Crippen MR) is 53.4 cm³/mol. The van der Waals surface area contributed by atoms with Crippen LogP contribution in [0.3, 0.4) is 0 Å². The van der Waals surface area contributed by atoms with Gasteiger partial charge in [0.15, 0.2) is 0 Å². The van der Waals surface area contributed by atoms with Crippen LogP contribution in [0, 0.1) is 0 Å². The first-order valence-electron chi connectivity index (χ1n) is 5.06. The lowest BCUT2D eigenvalue weighted by Crippen LogP contribution is -2.48. The van der Waals surface area contributed by atoms with E-state index in [-0.39, 0.29) is 0 Å². The summed E-state index contributed by atoms with van der Waals surface area (Å²) >= 11 is 0.